The first kappa shape index (κ1) is 34.0. The third-order valence-electron chi connectivity index (χ3n) is 10.6. The predicted molar refractivity (Wildman–Crippen MR) is 237 cm³/mol. The smallest absolute Gasteiger partial charge is 0.180 e. The van der Waals surface area contributed by atoms with E-state index in [-0.39, 0.29) is 0 Å². The molecule has 0 aliphatic rings. The normalized spacial score (nSPS) is 11.2. The molecule has 0 radical (unpaired) electrons. The molecule has 11 aromatic rings. The van der Waals surface area contributed by atoms with Crippen LogP contribution in [0.2, 0.25) is 0 Å². The number of hydrogen-bond donors (Lipinski definition) is 0. The lowest BCUT2D eigenvalue weighted by molar-refractivity contribution is 0.664. The Labute approximate surface area is 331 Å². The Bertz CT molecular complexity index is 3150. The number of hydrogen-bond acceptors (Lipinski definition) is 3. The van der Waals surface area contributed by atoms with Crippen LogP contribution in [0.4, 0.5) is 0 Å². The van der Waals surface area contributed by atoms with Gasteiger partial charge in [-0.05, 0) is 65.1 Å². The van der Waals surface area contributed by atoms with E-state index in [0.717, 1.165) is 44.5 Å². The average Bonchev–Trinajstić information content (AvgIpc) is 3.84. The molecule has 4 heteroatoms. The lowest BCUT2D eigenvalue weighted by atomic mass is 10.0. The molecular formula is C53H37N3O. The molecule has 0 saturated carbocycles. The molecule has 0 N–H and O–H groups in total. The topological polar surface area (TPSA) is 43.9 Å². The summed E-state index contributed by atoms with van der Waals surface area (Å²) < 4.78 is 8.71. The van der Waals surface area contributed by atoms with Crippen LogP contribution < -0.4 is 0 Å². The number of para-hydroxylation sites is 3. The molecule has 0 atom stereocenters. The van der Waals surface area contributed by atoms with Gasteiger partial charge in [0.2, 0.25) is 0 Å². The molecule has 0 aliphatic heterocycles. The molecular weight excluding hydrogens is 695 g/mol. The van der Waals surface area contributed by atoms with Gasteiger partial charge in [0.15, 0.2) is 11.4 Å². The van der Waals surface area contributed by atoms with E-state index >= 15 is 0 Å². The number of furan rings is 1. The molecule has 0 spiro atoms. The Morgan fingerprint density at radius 1 is 0.386 bits per heavy atom. The van der Waals surface area contributed by atoms with Crippen molar-refractivity contribution >= 4 is 43.9 Å². The molecule has 0 bridgehead atoms. The van der Waals surface area contributed by atoms with E-state index in [2.05, 4.69) is 175 Å². The van der Waals surface area contributed by atoms with Crippen molar-refractivity contribution < 1.29 is 4.42 Å². The van der Waals surface area contributed by atoms with Crippen molar-refractivity contribution in [3.8, 4) is 50.6 Å². The van der Waals surface area contributed by atoms with E-state index in [1.54, 1.807) is 0 Å². The zero-order valence-electron chi connectivity index (χ0n) is 31.4. The summed E-state index contributed by atoms with van der Waals surface area (Å²) in [6, 6.07) is 71.7. The van der Waals surface area contributed by atoms with Gasteiger partial charge in [-0.1, -0.05) is 176 Å². The van der Waals surface area contributed by atoms with Crippen LogP contribution in [0.3, 0.4) is 0 Å². The highest BCUT2D eigenvalue weighted by Gasteiger charge is 2.19. The van der Waals surface area contributed by atoms with Gasteiger partial charge in [-0.2, -0.15) is 0 Å². The predicted octanol–water partition coefficient (Wildman–Crippen LogP) is 14.1. The maximum absolute atomic E-state index is 6.35. The van der Waals surface area contributed by atoms with E-state index in [4.69, 9.17) is 14.4 Å². The van der Waals surface area contributed by atoms with E-state index in [1.165, 1.54) is 49.7 Å². The Balaban J connectivity index is 0.000000143. The van der Waals surface area contributed by atoms with Crippen molar-refractivity contribution in [3.05, 3.63) is 212 Å². The van der Waals surface area contributed by atoms with Crippen molar-refractivity contribution in [1.29, 1.82) is 0 Å². The fraction of sp³-hybridized carbons (Fsp3) is 0.0189. The van der Waals surface area contributed by atoms with Gasteiger partial charge in [0.25, 0.3) is 0 Å². The summed E-state index contributed by atoms with van der Waals surface area (Å²) in [6.07, 6.45) is 0. The molecule has 0 aliphatic carbocycles. The van der Waals surface area contributed by atoms with Gasteiger partial charge in [-0.3, -0.25) is 0 Å². The first-order chi connectivity index (χ1) is 28.2. The molecule has 0 unspecified atom stereocenters. The minimum atomic E-state index is 0.699. The van der Waals surface area contributed by atoms with E-state index in [1.807, 2.05) is 42.5 Å². The van der Waals surface area contributed by atoms with Crippen molar-refractivity contribution in [3.63, 3.8) is 0 Å². The summed E-state index contributed by atoms with van der Waals surface area (Å²) >= 11 is 0. The van der Waals surface area contributed by atoms with Gasteiger partial charge in [0.05, 0.1) is 11.0 Å². The highest BCUT2D eigenvalue weighted by Crippen LogP contribution is 2.38. The minimum Gasteiger partial charge on any atom is -0.452 e. The maximum atomic E-state index is 6.35. The second kappa shape index (κ2) is 14.6. The average molecular weight is 732 g/mol. The van der Waals surface area contributed by atoms with Gasteiger partial charge >= 0.3 is 0 Å². The molecule has 0 amide bonds. The van der Waals surface area contributed by atoms with Crippen LogP contribution in [-0.2, 0) is 0 Å². The fourth-order valence-corrected chi connectivity index (χ4v) is 7.81. The Kier molecular flexibility index (Phi) is 8.69. The second-order valence-electron chi connectivity index (χ2n) is 14.2. The van der Waals surface area contributed by atoms with Gasteiger partial charge < -0.3 is 8.98 Å². The number of fused-ring (bicyclic) bond motifs is 6. The first-order valence-corrected chi connectivity index (χ1v) is 19.2. The molecule has 0 saturated heterocycles. The Hall–Kier alpha value is -7.56. The van der Waals surface area contributed by atoms with Crippen molar-refractivity contribution in [1.82, 2.24) is 14.5 Å². The lowest BCUT2D eigenvalue weighted by Crippen LogP contribution is -1.93. The van der Waals surface area contributed by atoms with Crippen molar-refractivity contribution in [2.45, 2.75) is 6.92 Å². The highest BCUT2D eigenvalue weighted by molar-refractivity contribution is 6.10. The zero-order chi connectivity index (χ0) is 38.1. The molecule has 8 aromatic carbocycles. The highest BCUT2D eigenvalue weighted by atomic mass is 16.3. The van der Waals surface area contributed by atoms with Crippen LogP contribution in [-0.4, -0.2) is 14.5 Å². The van der Waals surface area contributed by atoms with Gasteiger partial charge in [0, 0.05) is 33.0 Å². The number of aromatic nitrogens is 3. The summed E-state index contributed by atoms with van der Waals surface area (Å²) in [7, 11) is 0. The first-order valence-electron chi connectivity index (χ1n) is 19.2. The molecule has 11 rings (SSSR count). The fourth-order valence-electron chi connectivity index (χ4n) is 7.81. The van der Waals surface area contributed by atoms with Crippen LogP contribution in [0.25, 0.3) is 94.5 Å². The maximum Gasteiger partial charge on any atom is 0.180 e. The molecule has 57 heavy (non-hydrogen) atoms. The largest absolute Gasteiger partial charge is 0.452 e. The standard InChI is InChI=1S/C29H20N2O.C24H17N/c1-19-9-8-14-24-26-28(32-27(19)24)25(30-29(31-26)23-12-6-3-7-13-23)22-17-15-21(16-18-22)20-10-4-2-5-11-20;1-3-9-18(10-4-1)19-15-16-22-21-13-7-8-14-23(21)25(24(22)17-19)20-11-5-2-6-12-20/h2-18H,1H3;1-17H. The lowest BCUT2D eigenvalue weighted by Gasteiger charge is -2.08. The van der Waals surface area contributed by atoms with Crippen LogP contribution in [0.5, 0.6) is 0 Å². The Morgan fingerprint density at radius 3 is 1.61 bits per heavy atom. The third kappa shape index (κ3) is 6.33. The van der Waals surface area contributed by atoms with Crippen LogP contribution in [0, 0.1) is 6.92 Å². The second-order valence-corrected chi connectivity index (χ2v) is 14.2. The summed E-state index contributed by atoms with van der Waals surface area (Å²) in [5.74, 6) is 0.699. The summed E-state index contributed by atoms with van der Waals surface area (Å²) in [5, 5.41) is 3.60. The number of rotatable bonds is 5. The summed E-state index contributed by atoms with van der Waals surface area (Å²) in [6.45, 7) is 2.06. The molecule has 270 valence electrons. The molecule has 3 aromatic heterocycles. The molecule has 4 nitrogen and oxygen atoms in total. The SMILES string of the molecule is Cc1cccc2c1oc1c(-c3ccc(-c4ccccc4)cc3)nc(-c3ccccc3)nc12.c1ccc(-c2ccc3c4ccccc4n(-c4ccccc4)c3c2)cc1. The van der Waals surface area contributed by atoms with Crippen molar-refractivity contribution in [2.24, 2.45) is 0 Å². The summed E-state index contributed by atoms with van der Waals surface area (Å²) in [4.78, 5) is 9.89. The van der Waals surface area contributed by atoms with E-state index < -0.39 is 0 Å². The van der Waals surface area contributed by atoms with E-state index in [9.17, 15) is 0 Å². The number of aryl methyl sites for hydroxylation is 1. The van der Waals surface area contributed by atoms with Gasteiger partial charge in [-0.15, -0.1) is 0 Å². The zero-order valence-corrected chi connectivity index (χ0v) is 31.4. The monoisotopic (exact) mass is 731 g/mol. The van der Waals surface area contributed by atoms with Crippen LogP contribution in [0.15, 0.2) is 211 Å². The molecule has 0 fully saturated rings. The van der Waals surface area contributed by atoms with Crippen LogP contribution in [0.1, 0.15) is 5.56 Å². The van der Waals surface area contributed by atoms with E-state index in [0.29, 0.717) is 5.82 Å². The third-order valence-corrected chi connectivity index (χ3v) is 10.6. The summed E-state index contributed by atoms with van der Waals surface area (Å²) in [5.41, 5.74) is 14.9. The number of benzene rings is 8. The van der Waals surface area contributed by atoms with Crippen LogP contribution >= 0.6 is 0 Å². The van der Waals surface area contributed by atoms with Gasteiger partial charge in [0.1, 0.15) is 16.8 Å². The van der Waals surface area contributed by atoms with Gasteiger partial charge in [-0.25, -0.2) is 9.97 Å². The van der Waals surface area contributed by atoms with Crippen molar-refractivity contribution in [2.75, 3.05) is 0 Å². The quantitative estimate of drug-likeness (QED) is 0.177. The number of nitrogens with zero attached hydrogens (tertiary/aromatic N) is 3. The minimum absolute atomic E-state index is 0.699. The Morgan fingerprint density at radius 2 is 0.912 bits per heavy atom. The molecule has 3 heterocycles.